The van der Waals surface area contributed by atoms with E-state index in [1.807, 2.05) is 42.5 Å². The number of halogens is 1. The van der Waals surface area contributed by atoms with E-state index >= 15 is 0 Å². The van der Waals surface area contributed by atoms with Crippen LogP contribution in [0.25, 0.3) is 0 Å². The number of amides is 1. The molecule has 1 fully saturated rings. The molecule has 1 saturated heterocycles. The molecule has 1 amide bonds. The van der Waals surface area contributed by atoms with Crippen molar-refractivity contribution >= 4 is 21.8 Å². The van der Waals surface area contributed by atoms with Crippen LogP contribution in [-0.2, 0) is 11.3 Å². The molecule has 126 valence electrons. The number of likely N-dealkylation sites (tertiary alicyclic amines) is 1. The third-order valence-corrected chi connectivity index (χ3v) is 4.79. The molecule has 0 radical (unpaired) electrons. The van der Waals surface area contributed by atoms with Gasteiger partial charge in [0.1, 0.15) is 6.04 Å². The lowest BCUT2D eigenvalue weighted by atomic mass is 9.88. The molecule has 0 saturated carbocycles. The molecule has 0 bridgehead atoms. The van der Waals surface area contributed by atoms with Gasteiger partial charge in [-0.25, -0.2) is 0 Å². The maximum absolute atomic E-state index is 12.2. The Morgan fingerprint density at radius 1 is 1.08 bits per heavy atom. The number of rotatable bonds is 5. The van der Waals surface area contributed by atoms with Crippen LogP contribution in [0.3, 0.4) is 0 Å². The number of carbonyl (C=O) groups excluding carboxylic acids is 1. The number of ether oxygens (including phenoxy) is 2. The van der Waals surface area contributed by atoms with Crippen molar-refractivity contribution in [2.75, 3.05) is 14.2 Å². The summed E-state index contributed by atoms with van der Waals surface area (Å²) in [6.07, 6.45) is 0. The van der Waals surface area contributed by atoms with Crippen molar-refractivity contribution in [1.29, 1.82) is 0 Å². The molecular weight excluding hydrogens is 372 g/mol. The van der Waals surface area contributed by atoms with E-state index in [-0.39, 0.29) is 11.9 Å². The number of nitrogens with two attached hydrogens (primary N) is 1. The second-order valence-corrected chi connectivity index (χ2v) is 6.59. The molecule has 1 aliphatic heterocycles. The van der Waals surface area contributed by atoms with E-state index in [0.29, 0.717) is 18.0 Å². The molecule has 5 nitrogen and oxygen atoms in total. The van der Waals surface area contributed by atoms with Crippen molar-refractivity contribution in [1.82, 2.24) is 4.90 Å². The number of carbonyl (C=O) groups is 1. The Hall–Kier alpha value is -2.05. The molecule has 3 rings (SSSR count). The second-order valence-electron chi connectivity index (χ2n) is 5.68. The Labute approximate surface area is 149 Å². The molecule has 6 heteroatoms. The molecule has 0 unspecified atom stereocenters. The summed E-state index contributed by atoms with van der Waals surface area (Å²) in [7, 11) is 3.19. The highest BCUT2D eigenvalue weighted by atomic mass is 79.9. The van der Waals surface area contributed by atoms with Crippen molar-refractivity contribution in [3.8, 4) is 11.5 Å². The molecule has 1 heterocycles. The zero-order valence-corrected chi connectivity index (χ0v) is 15.1. The quantitative estimate of drug-likeness (QED) is 0.797. The van der Waals surface area contributed by atoms with Crippen LogP contribution in [0, 0.1) is 0 Å². The second kappa shape index (κ2) is 6.83. The highest BCUT2D eigenvalue weighted by molar-refractivity contribution is 9.10. The van der Waals surface area contributed by atoms with Gasteiger partial charge in [0.05, 0.1) is 20.3 Å². The van der Waals surface area contributed by atoms with Crippen molar-refractivity contribution in [3.63, 3.8) is 0 Å². The van der Waals surface area contributed by atoms with Crippen LogP contribution >= 0.6 is 15.9 Å². The summed E-state index contributed by atoms with van der Waals surface area (Å²) < 4.78 is 11.6. The standard InChI is InChI=1S/C18H19BrN2O3/c1-23-14-8-3-11(9-15(14)24-2)10-21-17(16(20)18(21)22)12-4-6-13(19)7-5-12/h3-9,16-17H,10,20H2,1-2H3/t16-,17+/m0/s1. The number of benzene rings is 2. The monoisotopic (exact) mass is 390 g/mol. The fraction of sp³-hybridized carbons (Fsp3) is 0.278. The lowest BCUT2D eigenvalue weighted by Crippen LogP contribution is -2.62. The Kier molecular flexibility index (Phi) is 4.78. The molecule has 2 atom stereocenters. The minimum atomic E-state index is -0.494. The van der Waals surface area contributed by atoms with Gasteiger partial charge in [0.2, 0.25) is 5.91 Å². The van der Waals surface area contributed by atoms with Crippen LogP contribution in [0.2, 0.25) is 0 Å². The van der Waals surface area contributed by atoms with E-state index in [2.05, 4.69) is 15.9 Å². The highest BCUT2D eigenvalue weighted by Gasteiger charge is 2.45. The number of methoxy groups -OCH3 is 2. The van der Waals surface area contributed by atoms with Crippen molar-refractivity contribution < 1.29 is 14.3 Å². The largest absolute Gasteiger partial charge is 0.493 e. The van der Waals surface area contributed by atoms with Gasteiger partial charge in [0.25, 0.3) is 0 Å². The van der Waals surface area contributed by atoms with Gasteiger partial charge in [0, 0.05) is 11.0 Å². The van der Waals surface area contributed by atoms with Gasteiger partial charge in [-0.3, -0.25) is 4.79 Å². The van der Waals surface area contributed by atoms with Crippen LogP contribution in [0.1, 0.15) is 17.2 Å². The summed E-state index contributed by atoms with van der Waals surface area (Å²) in [6.45, 7) is 0.480. The van der Waals surface area contributed by atoms with Crippen LogP contribution < -0.4 is 15.2 Å². The van der Waals surface area contributed by atoms with E-state index in [1.165, 1.54) is 0 Å². The lowest BCUT2D eigenvalue weighted by Gasteiger charge is -2.45. The van der Waals surface area contributed by atoms with Gasteiger partial charge >= 0.3 is 0 Å². The highest BCUT2D eigenvalue weighted by Crippen LogP contribution is 2.36. The zero-order valence-electron chi connectivity index (χ0n) is 13.5. The Morgan fingerprint density at radius 3 is 2.38 bits per heavy atom. The molecule has 0 aliphatic carbocycles. The predicted molar refractivity (Wildman–Crippen MR) is 95.0 cm³/mol. The summed E-state index contributed by atoms with van der Waals surface area (Å²) in [5.41, 5.74) is 8.04. The first-order valence-electron chi connectivity index (χ1n) is 7.57. The van der Waals surface area contributed by atoms with Crippen molar-refractivity contribution in [2.24, 2.45) is 5.73 Å². The van der Waals surface area contributed by atoms with Crippen LogP contribution in [0.5, 0.6) is 11.5 Å². The van der Waals surface area contributed by atoms with Gasteiger partial charge in [0.15, 0.2) is 11.5 Å². The first-order chi connectivity index (χ1) is 11.5. The minimum Gasteiger partial charge on any atom is -0.493 e. The van der Waals surface area contributed by atoms with Crippen LogP contribution in [0.15, 0.2) is 46.9 Å². The summed E-state index contributed by atoms with van der Waals surface area (Å²) in [6, 6.07) is 12.9. The molecule has 2 aromatic rings. The molecule has 2 aromatic carbocycles. The van der Waals surface area contributed by atoms with E-state index in [1.54, 1.807) is 19.1 Å². The topological polar surface area (TPSA) is 64.8 Å². The summed E-state index contributed by atoms with van der Waals surface area (Å²) in [5, 5.41) is 0. The van der Waals surface area contributed by atoms with E-state index < -0.39 is 6.04 Å². The molecule has 2 N–H and O–H groups in total. The molecular formula is C18H19BrN2O3. The zero-order chi connectivity index (χ0) is 17.3. The SMILES string of the molecule is COc1ccc(CN2C(=O)[C@@H](N)[C@H]2c2ccc(Br)cc2)cc1OC. The fourth-order valence-corrected chi connectivity index (χ4v) is 3.24. The number of hydrogen-bond donors (Lipinski definition) is 1. The smallest absolute Gasteiger partial charge is 0.242 e. The molecule has 0 spiro atoms. The average Bonchev–Trinajstić information content (AvgIpc) is 2.62. The Bertz CT molecular complexity index is 748. The van der Waals surface area contributed by atoms with E-state index in [0.717, 1.165) is 15.6 Å². The summed E-state index contributed by atoms with van der Waals surface area (Å²) in [4.78, 5) is 14.0. The van der Waals surface area contributed by atoms with Crippen molar-refractivity contribution in [2.45, 2.75) is 18.6 Å². The maximum atomic E-state index is 12.2. The number of β-lactam (4-membered cyclic amide) rings is 1. The van der Waals surface area contributed by atoms with E-state index in [4.69, 9.17) is 15.2 Å². The van der Waals surface area contributed by atoms with Gasteiger partial charge in [-0.1, -0.05) is 34.1 Å². The van der Waals surface area contributed by atoms with Gasteiger partial charge < -0.3 is 20.1 Å². The third-order valence-electron chi connectivity index (χ3n) is 4.26. The predicted octanol–water partition coefficient (Wildman–Crippen LogP) is 2.88. The Balaban J connectivity index is 1.83. The fourth-order valence-electron chi connectivity index (χ4n) is 2.97. The maximum Gasteiger partial charge on any atom is 0.242 e. The van der Waals surface area contributed by atoms with Crippen LogP contribution in [-0.4, -0.2) is 31.1 Å². The molecule has 24 heavy (non-hydrogen) atoms. The summed E-state index contributed by atoms with van der Waals surface area (Å²) >= 11 is 3.42. The third kappa shape index (κ3) is 2.99. The first-order valence-corrected chi connectivity index (χ1v) is 8.37. The number of hydrogen-bond acceptors (Lipinski definition) is 4. The molecule has 1 aliphatic rings. The molecule has 0 aromatic heterocycles. The lowest BCUT2D eigenvalue weighted by molar-refractivity contribution is -0.150. The van der Waals surface area contributed by atoms with E-state index in [9.17, 15) is 4.79 Å². The van der Waals surface area contributed by atoms with Gasteiger partial charge in [-0.05, 0) is 35.4 Å². The van der Waals surface area contributed by atoms with Gasteiger partial charge in [-0.15, -0.1) is 0 Å². The number of nitrogens with zero attached hydrogens (tertiary/aromatic N) is 1. The van der Waals surface area contributed by atoms with Crippen molar-refractivity contribution in [3.05, 3.63) is 58.1 Å². The Morgan fingerprint density at radius 2 is 1.75 bits per heavy atom. The minimum absolute atomic E-state index is 0.0438. The van der Waals surface area contributed by atoms with Crippen LogP contribution in [0.4, 0.5) is 0 Å². The average molecular weight is 391 g/mol. The normalized spacial score (nSPS) is 19.8. The first kappa shape index (κ1) is 16.8. The summed E-state index contributed by atoms with van der Waals surface area (Å²) in [5.74, 6) is 1.27. The van der Waals surface area contributed by atoms with Gasteiger partial charge in [-0.2, -0.15) is 0 Å².